The molecule has 1 rings (SSSR count). The highest BCUT2D eigenvalue weighted by atomic mass is 19.3. The van der Waals surface area contributed by atoms with E-state index in [-0.39, 0.29) is 5.88 Å². The summed E-state index contributed by atoms with van der Waals surface area (Å²) in [5, 5.41) is 0. The molecule has 0 unspecified atom stereocenters. The molecule has 0 spiro atoms. The van der Waals surface area contributed by atoms with Gasteiger partial charge in [0.2, 0.25) is 5.88 Å². The van der Waals surface area contributed by atoms with Crippen molar-refractivity contribution in [3.05, 3.63) is 23.4 Å². The van der Waals surface area contributed by atoms with Crippen LogP contribution < -0.4 is 10.5 Å². The number of aryl methyl sites for hydroxylation is 1. The van der Waals surface area contributed by atoms with Crippen molar-refractivity contribution >= 4 is 0 Å². The molecule has 0 bridgehead atoms. The molecular formula is C11H16F2N2O. The molecule has 2 N–H and O–H groups in total. The number of nitrogens with two attached hydrogens (primary N) is 1. The van der Waals surface area contributed by atoms with Gasteiger partial charge in [-0.2, -0.15) is 0 Å². The van der Waals surface area contributed by atoms with Gasteiger partial charge in [0.25, 0.3) is 6.43 Å². The van der Waals surface area contributed by atoms with Gasteiger partial charge in [0, 0.05) is 18.3 Å². The fraction of sp³-hybridized carbons (Fsp3) is 0.545. The molecule has 1 aromatic rings. The van der Waals surface area contributed by atoms with Gasteiger partial charge in [-0.05, 0) is 18.1 Å². The Bertz CT molecular complexity index is 332. The van der Waals surface area contributed by atoms with Crippen LogP contribution in [0.4, 0.5) is 8.78 Å². The summed E-state index contributed by atoms with van der Waals surface area (Å²) in [5.41, 5.74) is 7.19. The van der Waals surface area contributed by atoms with Gasteiger partial charge in [-0.3, -0.25) is 0 Å². The van der Waals surface area contributed by atoms with Crippen LogP contribution in [0.5, 0.6) is 5.88 Å². The van der Waals surface area contributed by atoms with E-state index >= 15 is 0 Å². The highest BCUT2D eigenvalue weighted by molar-refractivity contribution is 5.25. The zero-order valence-electron chi connectivity index (χ0n) is 9.25. The monoisotopic (exact) mass is 230 g/mol. The Kier molecular flexibility index (Phi) is 5.11. The lowest BCUT2D eigenvalue weighted by molar-refractivity contribution is 0.0794. The Morgan fingerprint density at radius 2 is 2.19 bits per heavy atom. The molecule has 1 aromatic heterocycles. The van der Waals surface area contributed by atoms with Gasteiger partial charge in [-0.1, -0.05) is 13.3 Å². The molecule has 0 radical (unpaired) electrons. The summed E-state index contributed by atoms with van der Waals surface area (Å²) in [5.74, 6) is 0.228. The second kappa shape index (κ2) is 6.37. The minimum absolute atomic E-state index is 0.228. The Labute approximate surface area is 93.6 Å². The molecule has 3 nitrogen and oxygen atoms in total. The summed E-state index contributed by atoms with van der Waals surface area (Å²) in [6.07, 6.45) is -0.758. The molecule has 0 aliphatic carbocycles. The van der Waals surface area contributed by atoms with Crippen LogP contribution in [0.2, 0.25) is 0 Å². The van der Waals surface area contributed by atoms with Crippen molar-refractivity contribution in [1.29, 1.82) is 0 Å². The minimum Gasteiger partial charge on any atom is -0.472 e. The van der Waals surface area contributed by atoms with Gasteiger partial charge >= 0.3 is 0 Å². The second-order valence-corrected chi connectivity index (χ2v) is 3.46. The van der Waals surface area contributed by atoms with Crippen LogP contribution >= 0.6 is 0 Å². The highest BCUT2D eigenvalue weighted by Crippen LogP contribution is 2.14. The first kappa shape index (κ1) is 12.8. The third-order valence-electron chi connectivity index (χ3n) is 2.01. The van der Waals surface area contributed by atoms with Crippen LogP contribution in [-0.2, 0) is 13.0 Å². The van der Waals surface area contributed by atoms with E-state index in [9.17, 15) is 8.78 Å². The van der Waals surface area contributed by atoms with E-state index in [0.29, 0.717) is 6.54 Å². The predicted octanol–water partition coefficient (Wildman–Crippen LogP) is 2.14. The lowest BCUT2D eigenvalue weighted by Gasteiger charge is -2.08. The Morgan fingerprint density at radius 3 is 2.75 bits per heavy atom. The molecule has 0 amide bonds. The lowest BCUT2D eigenvalue weighted by Crippen LogP contribution is -2.09. The normalized spacial score (nSPS) is 10.8. The van der Waals surface area contributed by atoms with Crippen molar-refractivity contribution in [2.45, 2.75) is 32.7 Å². The number of hydrogen-bond acceptors (Lipinski definition) is 3. The zero-order valence-corrected chi connectivity index (χ0v) is 9.25. The third-order valence-corrected chi connectivity index (χ3v) is 2.01. The van der Waals surface area contributed by atoms with Crippen LogP contribution in [-0.4, -0.2) is 18.0 Å². The van der Waals surface area contributed by atoms with Gasteiger partial charge in [0.15, 0.2) is 6.61 Å². The third kappa shape index (κ3) is 4.10. The van der Waals surface area contributed by atoms with Gasteiger partial charge in [-0.15, -0.1) is 0 Å². The first-order valence-electron chi connectivity index (χ1n) is 5.26. The van der Waals surface area contributed by atoms with Crippen molar-refractivity contribution in [3.8, 4) is 5.88 Å². The van der Waals surface area contributed by atoms with Crippen molar-refractivity contribution in [2.75, 3.05) is 6.61 Å². The molecule has 0 aliphatic rings. The van der Waals surface area contributed by atoms with Crippen LogP contribution in [0, 0.1) is 0 Å². The molecule has 0 aromatic carbocycles. The maximum absolute atomic E-state index is 12.0. The van der Waals surface area contributed by atoms with E-state index in [1.54, 1.807) is 6.07 Å². The maximum Gasteiger partial charge on any atom is 0.272 e. The standard InChI is InChI=1S/C11H16F2N2O/c1-2-3-9-4-8(6-14)5-11(15-9)16-7-10(12)13/h4-5,10H,2-3,6-7,14H2,1H3. The van der Waals surface area contributed by atoms with Crippen molar-refractivity contribution in [2.24, 2.45) is 5.73 Å². The maximum atomic E-state index is 12.0. The number of ether oxygens (including phenoxy) is 1. The SMILES string of the molecule is CCCc1cc(CN)cc(OCC(F)F)n1. The summed E-state index contributed by atoms with van der Waals surface area (Å²) in [4.78, 5) is 4.13. The number of aromatic nitrogens is 1. The molecule has 90 valence electrons. The van der Waals surface area contributed by atoms with Crippen LogP contribution in [0.1, 0.15) is 24.6 Å². The topological polar surface area (TPSA) is 48.1 Å². The number of hydrogen-bond donors (Lipinski definition) is 1. The summed E-state index contributed by atoms with van der Waals surface area (Å²) < 4.78 is 28.8. The smallest absolute Gasteiger partial charge is 0.272 e. The average molecular weight is 230 g/mol. The number of nitrogens with zero attached hydrogens (tertiary/aromatic N) is 1. The molecule has 0 saturated carbocycles. The summed E-state index contributed by atoms with van der Waals surface area (Å²) in [6.45, 7) is 1.74. The minimum atomic E-state index is -2.49. The number of alkyl halides is 2. The number of rotatable bonds is 6. The van der Waals surface area contributed by atoms with E-state index in [4.69, 9.17) is 10.5 Å². The van der Waals surface area contributed by atoms with E-state index in [0.717, 1.165) is 24.1 Å². The van der Waals surface area contributed by atoms with Gasteiger partial charge in [0.05, 0.1) is 0 Å². The molecule has 0 aliphatic heterocycles. The predicted molar refractivity (Wildman–Crippen MR) is 57.6 cm³/mol. The molecule has 0 atom stereocenters. The van der Waals surface area contributed by atoms with E-state index < -0.39 is 13.0 Å². The Balaban J connectivity index is 2.77. The fourth-order valence-electron chi connectivity index (χ4n) is 1.34. The summed E-state index contributed by atoms with van der Waals surface area (Å²) >= 11 is 0. The van der Waals surface area contributed by atoms with Crippen LogP contribution in [0.25, 0.3) is 0 Å². The largest absolute Gasteiger partial charge is 0.472 e. The van der Waals surface area contributed by atoms with Crippen molar-refractivity contribution in [1.82, 2.24) is 4.98 Å². The quantitative estimate of drug-likeness (QED) is 0.814. The number of pyridine rings is 1. The van der Waals surface area contributed by atoms with Gasteiger partial charge in [0.1, 0.15) is 0 Å². The van der Waals surface area contributed by atoms with Crippen molar-refractivity contribution < 1.29 is 13.5 Å². The van der Waals surface area contributed by atoms with Gasteiger partial charge in [-0.25, -0.2) is 13.8 Å². The van der Waals surface area contributed by atoms with Gasteiger partial charge < -0.3 is 10.5 Å². The van der Waals surface area contributed by atoms with Crippen LogP contribution in [0.3, 0.4) is 0 Å². The fourth-order valence-corrected chi connectivity index (χ4v) is 1.34. The molecule has 5 heteroatoms. The van der Waals surface area contributed by atoms with Crippen molar-refractivity contribution in [3.63, 3.8) is 0 Å². The summed E-state index contributed by atoms with van der Waals surface area (Å²) in [7, 11) is 0. The molecular weight excluding hydrogens is 214 g/mol. The second-order valence-electron chi connectivity index (χ2n) is 3.46. The highest BCUT2D eigenvalue weighted by Gasteiger charge is 2.06. The van der Waals surface area contributed by atoms with E-state index in [1.165, 1.54) is 0 Å². The average Bonchev–Trinajstić information content (AvgIpc) is 2.26. The molecule has 16 heavy (non-hydrogen) atoms. The molecule has 0 fully saturated rings. The Hall–Kier alpha value is -1.23. The number of halogens is 2. The zero-order chi connectivity index (χ0) is 12.0. The van der Waals surface area contributed by atoms with E-state index in [2.05, 4.69) is 4.98 Å². The first-order chi connectivity index (χ1) is 7.65. The molecule has 1 heterocycles. The Morgan fingerprint density at radius 1 is 1.44 bits per heavy atom. The van der Waals surface area contributed by atoms with E-state index in [1.807, 2.05) is 13.0 Å². The lowest BCUT2D eigenvalue weighted by atomic mass is 10.1. The first-order valence-corrected chi connectivity index (χ1v) is 5.26. The van der Waals surface area contributed by atoms with Crippen LogP contribution in [0.15, 0.2) is 12.1 Å². The molecule has 0 saturated heterocycles. The summed E-state index contributed by atoms with van der Waals surface area (Å²) in [6, 6.07) is 3.47.